The zero-order chi connectivity index (χ0) is 11.1. The van der Waals surface area contributed by atoms with Gasteiger partial charge < -0.3 is 0 Å². The lowest BCUT2D eigenvalue weighted by atomic mass is 9.57. The molecule has 0 aromatic carbocycles. The largest absolute Gasteiger partial charge is 0.0848 e. The number of hydrogen-bond acceptors (Lipinski definition) is 0. The monoisotopic (exact) mass is 216 g/mol. The minimum atomic E-state index is 0.671. The number of allylic oxidation sites excluding steroid dienone is 2. The molecular formula is C16H24. The first-order valence-electron chi connectivity index (χ1n) is 7.35. The maximum absolute atomic E-state index is 2.59. The Morgan fingerprint density at radius 2 is 1.81 bits per heavy atom. The van der Waals surface area contributed by atoms with Crippen LogP contribution in [0.3, 0.4) is 0 Å². The van der Waals surface area contributed by atoms with Gasteiger partial charge in [0.1, 0.15) is 0 Å². The van der Waals surface area contributed by atoms with Crippen LogP contribution in [0.5, 0.6) is 0 Å². The Morgan fingerprint density at radius 1 is 1.12 bits per heavy atom. The number of rotatable bonds is 1. The van der Waals surface area contributed by atoms with E-state index in [2.05, 4.69) is 32.9 Å². The standard InChI is InChI=1S/C16H24/c1-4-16(3)9(2)12-8-13(16)15-11-6-5-10(7-11)14(12)15/h5-6,9-15H,4,7-8H2,1-3H3. The van der Waals surface area contributed by atoms with Gasteiger partial charge in [0.2, 0.25) is 0 Å². The van der Waals surface area contributed by atoms with Gasteiger partial charge in [-0.15, -0.1) is 0 Å². The van der Waals surface area contributed by atoms with Crippen molar-refractivity contribution in [1.82, 2.24) is 0 Å². The molecule has 0 spiro atoms. The maximum Gasteiger partial charge on any atom is -0.0194 e. The highest BCUT2D eigenvalue weighted by molar-refractivity contribution is 5.23. The zero-order valence-electron chi connectivity index (χ0n) is 10.8. The molecule has 8 atom stereocenters. The quantitative estimate of drug-likeness (QED) is 0.457. The van der Waals surface area contributed by atoms with Gasteiger partial charge in [0.05, 0.1) is 0 Å². The fourth-order valence-electron chi connectivity index (χ4n) is 6.33. The van der Waals surface area contributed by atoms with Gasteiger partial charge in [0, 0.05) is 0 Å². The van der Waals surface area contributed by atoms with Crippen molar-refractivity contribution in [1.29, 1.82) is 0 Å². The predicted molar refractivity (Wildman–Crippen MR) is 66.9 cm³/mol. The van der Waals surface area contributed by atoms with Crippen LogP contribution in [0.15, 0.2) is 12.2 Å². The maximum atomic E-state index is 2.59. The average Bonchev–Trinajstić information content (AvgIpc) is 2.99. The van der Waals surface area contributed by atoms with E-state index in [0.29, 0.717) is 5.41 Å². The molecule has 0 heterocycles. The van der Waals surface area contributed by atoms with Gasteiger partial charge in [-0.25, -0.2) is 0 Å². The lowest BCUT2D eigenvalue weighted by Gasteiger charge is -2.47. The highest BCUT2D eigenvalue weighted by Gasteiger charge is 2.66. The zero-order valence-corrected chi connectivity index (χ0v) is 10.8. The van der Waals surface area contributed by atoms with Gasteiger partial charge in [-0.1, -0.05) is 39.3 Å². The Morgan fingerprint density at radius 3 is 2.50 bits per heavy atom. The van der Waals surface area contributed by atoms with Crippen molar-refractivity contribution in [2.75, 3.05) is 0 Å². The van der Waals surface area contributed by atoms with E-state index >= 15 is 0 Å². The molecule has 0 heteroatoms. The normalized spacial score (nSPS) is 65.6. The van der Waals surface area contributed by atoms with Crippen LogP contribution in [0.4, 0.5) is 0 Å². The second-order valence-electron chi connectivity index (χ2n) is 7.26. The summed E-state index contributed by atoms with van der Waals surface area (Å²) in [4.78, 5) is 0. The fourth-order valence-corrected chi connectivity index (χ4v) is 6.33. The molecule has 88 valence electrons. The Balaban J connectivity index is 1.77. The van der Waals surface area contributed by atoms with E-state index in [1.807, 2.05) is 0 Å². The molecular weight excluding hydrogens is 192 g/mol. The second kappa shape index (κ2) is 2.76. The van der Waals surface area contributed by atoms with Crippen molar-refractivity contribution in [3.05, 3.63) is 12.2 Å². The van der Waals surface area contributed by atoms with Crippen LogP contribution in [0.1, 0.15) is 40.0 Å². The van der Waals surface area contributed by atoms with Crippen molar-refractivity contribution in [2.45, 2.75) is 40.0 Å². The van der Waals surface area contributed by atoms with Gasteiger partial charge in [0.25, 0.3) is 0 Å². The Kier molecular flexibility index (Phi) is 1.68. The highest BCUT2D eigenvalue weighted by Crippen LogP contribution is 2.72. The van der Waals surface area contributed by atoms with Gasteiger partial charge >= 0.3 is 0 Å². The summed E-state index contributed by atoms with van der Waals surface area (Å²) in [5, 5.41) is 0. The van der Waals surface area contributed by atoms with Crippen LogP contribution in [-0.2, 0) is 0 Å². The molecule has 3 saturated carbocycles. The Hall–Kier alpha value is -0.260. The smallest absolute Gasteiger partial charge is 0.0194 e. The summed E-state index contributed by atoms with van der Waals surface area (Å²) in [6.45, 7) is 7.57. The molecule has 16 heavy (non-hydrogen) atoms. The first-order chi connectivity index (χ1) is 7.66. The van der Waals surface area contributed by atoms with Crippen molar-refractivity contribution in [2.24, 2.45) is 46.8 Å². The van der Waals surface area contributed by atoms with E-state index in [1.54, 1.807) is 6.42 Å². The van der Waals surface area contributed by atoms with E-state index in [9.17, 15) is 0 Å². The van der Waals surface area contributed by atoms with E-state index in [-0.39, 0.29) is 0 Å². The second-order valence-corrected chi connectivity index (χ2v) is 7.26. The third-order valence-electron chi connectivity index (χ3n) is 7.36. The first kappa shape index (κ1) is 9.74. The molecule has 0 saturated heterocycles. The van der Waals surface area contributed by atoms with Crippen LogP contribution < -0.4 is 0 Å². The Labute approximate surface area is 99.5 Å². The van der Waals surface area contributed by atoms with Crippen LogP contribution in [0.2, 0.25) is 0 Å². The molecule has 0 nitrogen and oxygen atoms in total. The van der Waals surface area contributed by atoms with Crippen molar-refractivity contribution >= 4 is 0 Å². The molecule has 0 N–H and O–H groups in total. The molecule has 4 bridgehead atoms. The molecule has 0 aliphatic heterocycles. The van der Waals surface area contributed by atoms with Gasteiger partial charge in [-0.05, 0) is 59.7 Å². The van der Waals surface area contributed by atoms with Crippen LogP contribution in [0, 0.1) is 46.8 Å². The topological polar surface area (TPSA) is 0 Å². The van der Waals surface area contributed by atoms with E-state index in [4.69, 9.17) is 0 Å². The van der Waals surface area contributed by atoms with Gasteiger partial charge in [-0.3, -0.25) is 0 Å². The molecule has 0 aromatic rings. The minimum absolute atomic E-state index is 0.671. The Bertz CT molecular complexity index is 355. The molecule has 0 aromatic heterocycles. The molecule has 8 unspecified atom stereocenters. The molecule has 4 aliphatic carbocycles. The summed E-state index contributed by atoms with van der Waals surface area (Å²) in [5.74, 6) is 7.24. The van der Waals surface area contributed by atoms with Crippen molar-refractivity contribution < 1.29 is 0 Å². The lowest BCUT2D eigenvalue weighted by Crippen LogP contribution is -2.42. The highest BCUT2D eigenvalue weighted by atomic mass is 14.7. The summed E-state index contributed by atoms with van der Waals surface area (Å²) in [7, 11) is 0. The van der Waals surface area contributed by atoms with E-state index in [0.717, 1.165) is 41.4 Å². The number of hydrogen-bond donors (Lipinski definition) is 0. The molecule has 0 radical (unpaired) electrons. The summed E-state index contributed by atoms with van der Waals surface area (Å²) >= 11 is 0. The van der Waals surface area contributed by atoms with Crippen LogP contribution in [0.25, 0.3) is 0 Å². The summed E-state index contributed by atoms with van der Waals surface area (Å²) in [5.41, 5.74) is 0.671. The molecule has 4 aliphatic rings. The first-order valence-corrected chi connectivity index (χ1v) is 7.35. The minimum Gasteiger partial charge on any atom is -0.0848 e. The average molecular weight is 216 g/mol. The lowest BCUT2D eigenvalue weighted by molar-refractivity contribution is 0.0179. The molecule has 3 fully saturated rings. The predicted octanol–water partition coefficient (Wildman–Crippen LogP) is 4.13. The molecule has 0 amide bonds. The van der Waals surface area contributed by atoms with Crippen LogP contribution in [-0.4, -0.2) is 0 Å². The number of fused-ring (bicyclic) bond motifs is 9. The summed E-state index contributed by atoms with van der Waals surface area (Å²) in [6.07, 6.45) is 9.60. The van der Waals surface area contributed by atoms with E-state index < -0.39 is 0 Å². The van der Waals surface area contributed by atoms with Gasteiger partial charge in [0.15, 0.2) is 0 Å². The van der Waals surface area contributed by atoms with Crippen molar-refractivity contribution in [3.63, 3.8) is 0 Å². The van der Waals surface area contributed by atoms with Crippen molar-refractivity contribution in [3.8, 4) is 0 Å². The summed E-state index contributed by atoms with van der Waals surface area (Å²) in [6, 6.07) is 0. The van der Waals surface area contributed by atoms with Gasteiger partial charge in [-0.2, -0.15) is 0 Å². The summed E-state index contributed by atoms with van der Waals surface area (Å²) < 4.78 is 0. The van der Waals surface area contributed by atoms with Crippen LogP contribution >= 0.6 is 0 Å². The fraction of sp³-hybridized carbons (Fsp3) is 0.875. The third kappa shape index (κ3) is 0.833. The SMILES string of the molecule is CCC1(C)C(C)C2CC1C1C3C=CC(C3)C21. The molecule has 4 rings (SSSR count). The third-order valence-corrected chi connectivity index (χ3v) is 7.36. The van der Waals surface area contributed by atoms with E-state index in [1.165, 1.54) is 12.8 Å².